The quantitative estimate of drug-likeness (QED) is 0.236. The minimum absolute atomic E-state index is 2.35. The van der Waals surface area contributed by atoms with Crippen LogP contribution in [0.5, 0.6) is 0 Å². The highest BCUT2D eigenvalue weighted by Crippen LogP contribution is 1.84. The first-order chi connectivity index (χ1) is 2.00. The third-order valence-electron chi connectivity index (χ3n) is 0. The first kappa shape index (κ1) is 4.94. The van der Waals surface area contributed by atoms with Crippen LogP contribution in [-0.4, -0.2) is 18.5 Å². The Labute approximate surface area is 30.3 Å². The van der Waals surface area contributed by atoms with Gasteiger partial charge in [0.1, 0.15) is 6.55 Å². The topological polar surface area (TPSA) is 40.5 Å². The summed E-state index contributed by atoms with van der Waals surface area (Å²) in [7, 11) is -4.36. The molecule has 0 atom stereocenters. The van der Waals surface area contributed by atoms with Gasteiger partial charge in [-0.25, -0.2) is 4.11 Å². The van der Waals surface area contributed by atoms with Crippen molar-refractivity contribution in [3.8, 4) is 0 Å². The molecular weight excluding hydrogens is 91.1 g/mol. The summed E-state index contributed by atoms with van der Waals surface area (Å²) in [5.74, 6) is 0. The molecule has 0 bridgehead atoms. The Kier molecular flexibility index (Phi) is 0.951. The van der Waals surface area contributed by atoms with Crippen LogP contribution in [0.3, 0.4) is 0 Å². The van der Waals surface area contributed by atoms with Crippen molar-refractivity contribution in [1.82, 2.24) is 0 Å². The molecule has 0 heterocycles. The van der Waals surface area contributed by atoms with E-state index in [-0.39, 0.29) is 0 Å². The van der Waals surface area contributed by atoms with Gasteiger partial charge in [-0.15, -0.1) is 0 Å². The van der Waals surface area contributed by atoms with Crippen LogP contribution < -0.4 is 0 Å². The Bertz CT molecular complexity index is 25.1. The highest BCUT2D eigenvalue weighted by molar-refractivity contribution is 6.58. The Morgan fingerprint density at radius 3 is 1.60 bits per heavy atom. The second-order valence-electron chi connectivity index (χ2n) is 0.719. The average Bonchev–Trinajstić information content (AvgIpc) is 0.722. The van der Waals surface area contributed by atoms with Crippen LogP contribution >= 0.6 is 0 Å². The lowest BCUT2D eigenvalue weighted by Crippen LogP contribution is -2.22. The second-order valence-corrected chi connectivity index (χ2v) is 2.16. The summed E-state index contributed by atoms with van der Waals surface area (Å²) in [6.45, 7) is 2.35. The van der Waals surface area contributed by atoms with Crippen molar-refractivity contribution in [1.29, 1.82) is 0 Å². The molecule has 0 spiro atoms. The summed E-state index contributed by atoms with van der Waals surface area (Å²) in [6, 6.07) is 0. The lowest BCUT2D eigenvalue weighted by Gasteiger charge is -1.78. The molecule has 0 aromatic heterocycles. The smallest absolute Gasteiger partial charge is 0.349 e. The minimum atomic E-state index is -4.36. The van der Waals surface area contributed by atoms with Gasteiger partial charge in [0.25, 0.3) is 0 Å². The van der Waals surface area contributed by atoms with Crippen molar-refractivity contribution in [3.63, 3.8) is 0 Å². The fourth-order valence-corrected chi connectivity index (χ4v) is 0. The summed E-state index contributed by atoms with van der Waals surface area (Å²) in [5, 5.41) is 0. The predicted molar refractivity (Wildman–Crippen MR) is 16.7 cm³/mol. The van der Waals surface area contributed by atoms with E-state index in [1.54, 1.807) is 0 Å². The maximum absolute atomic E-state index is 10.8. The zero-order valence-electron chi connectivity index (χ0n) is 2.48. The maximum atomic E-state index is 10.8. The summed E-state index contributed by atoms with van der Waals surface area (Å²) in [6.07, 6.45) is 0. The zero-order valence-corrected chi connectivity index (χ0v) is 3.48. The molecule has 0 saturated carbocycles. The lowest BCUT2D eigenvalue weighted by molar-refractivity contribution is 0.308. The van der Waals surface area contributed by atoms with Gasteiger partial charge in [-0.2, -0.15) is 0 Å². The molecule has 0 radical (unpaired) electrons. The second kappa shape index (κ2) is 0.963. The van der Waals surface area contributed by atoms with Crippen LogP contribution in [0.15, 0.2) is 0 Å². The molecule has 30 valence electrons. The number of halogens is 1. The van der Waals surface area contributed by atoms with Gasteiger partial charge in [-0.3, -0.25) is 0 Å². The standard InChI is InChI=1S/CH4FO2Si/c1-5(2,3)4/h3-4H,1H2/q+1. The molecule has 0 aromatic rings. The molecule has 2 nitrogen and oxygen atoms in total. The SMILES string of the molecule is [CH2+][Si](O)(O)F. The monoisotopic (exact) mass is 95.0 g/mol. The summed E-state index contributed by atoms with van der Waals surface area (Å²) in [4.78, 5) is 14.9. The summed E-state index contributed by atoms with van der Waals surface area (Å²) in [5.41, 5.74) is 0. The Hall–Kier alpha value is -0.0631. The van der Waals surface area contributed by atoms with E-state index in [1.165, 1.54) is 0 Å². The lowest BCUT2D eigenvalue weighted by atomic mass is 11.9. The molecule has 0 rings (SSSR count). The van der Waals surface area contributed by atoms with Gasteiger partial charge in [0.15, 0.2) is 0 Å². The third kappa shape index (κ3) is 3710. The molecule has 0 unspecified atom stereocenters. The Morgan fingerprint density at radius 2 is 1.60 bits per heavy atom. The maximum Gasteiger partial charge on any atom is 0.777 e. The van der Waals surface area contributed by atoms with Crippen molar-refractivity contribution in [2.24, 2.45) is 0 Å². The number of hydrogen-bond acceptors (Lipinski definition) is 2. The first-order valence-corrected chi connectivity index (χ1v) is 2.97. The van der Waals surface area contributed by atoms with Crippen molar-refractivity contribution in [2.75, 3.05) is 0 Å². The van der Waals surface area contributed by atoms with E-state index >= 15 is 0 Å². The molecule has 0 aliphatic rings. The molecule has 0 saturated heterocycles. The highest BCUT2D eigenvalue weighted by atomic mass is 28.4. The normalized spacial score (nSPS) is 11.8. The largest absolute Gasteiger partial charge is 0.777 e. The molecule has 0 aliphatic carbocycles. The van der Waals surface area contributed by atoms with Crippen LogP contribution in [0.2, 0.25) is 0 Å². The van der Waals surface area contributed by atoms with Crippen LogP contribution in [0, 0.1) is 6.55 Å². The van der Waals surface area contributed by atoms with Crippen molar-refractivity contribution >= 4 is 8.89 Å². The molecule has 0 aliphatic heterocycles. The minimum Gasteiger partial charge on any atom is -0.349 e. The van der Waals surface area contributed by atoms with Crippen LogP contribution in [-0.2, 0) is 0 Å². The van der Waals surface area contributed by atoms with Gasteiger partial charge in [-0.05, 0) is 0 Å². The first-order valence-electron chi connectivity index (χ1n) is 0.990. The van der Waals surface area contributed by atoms with E-state index in [4.69, 9.17) is 9.59 Å². The molecule has 2 N–H and O–H groups in total. The van der Waals surface area contributed by atoms with Gasteiger partial charge in [-0.1, -0.05) is 0 Å². The van der Waals surface area contributed by atoms with E-state index in [9.17, 15) is 4.11 Å². The fraction of sp³-hybridized carbons (Fsp3) is 0. The predicted octanol–water partition coefficient (Wildman–Crippen LogP) is -0.747. The zero-order chi connectivity index (χ0) is 4.50. The molecular formula is CH4FO2Si+. The van der Waals surface area contributed by atoms with Crippen LogP contribution in [0.4, 0.5) is 4.11 Å². The van der Waals surface area contributed by atoms with E-state index < -0.39 is 8.89 Å². The molecule has 0 amide bonds. The van der Waals surface area contributed by atoms with Gasteiger partial charge in [0.2, 0.25) is 0 Å². The fourth-order valence-electron chi connectivity index (χ4n) is 0. The van der Waals surface area contributed by atoms with E-state index in [1.807, 2.05) is 0 Å². The van der Waals surface area contributed by atoms with E-state index in [2.05, 4.69) is 6.55 Å². The van der Waals surface area contributed by atoms with Gasteiger partial charge >= 0.3 is 8.89 Å². The van der Waals surface area contributed by atoms with Gasteiger partial charge in [0, 0.05) is 0 Å². The van der Waals surface area contributed by atoms with Gasteiger partial charge in [0.05, 0.1) is 0 Å². The van der Waals surface area contributed by atoms with Crippen molar-refractivity contribution in [3.05, 3.63) is 6.55 Å². The third-order valence-corrected chi connectivity index (χ3v) is 0. The van der Waals surface area contributed by atoms with Crippen LogP contribution in [0.1, 0.15) is 0 Å². The number of hydrogen-bond donors (Lipinski definition) is 2. The van der Waals surface area contributed by atoms with Crippen molar-refractivity contribution < 1.29 is 13.7 Å². The Balaban J connectivity index is 3.02. The van der Waals surface area contributed by atoms with Gasteiger partial charge < -0.3 is 9.59 Å². The van der Waals surface area contributed by atoms with E-state index in [0.29, 0.717) is 0 Å². The average molecular weight is 95.1 g/mol. The van der Waals surface area contributed by atoms with E-state index in [0.717, 1.165) is 0 Å². The highest BCUT2D eigenvalue weighted by Gasteiger charge is 2.35. The van der Waals surface area contributed by atoms with Crippen molar-refractivity contribution in [2.45, 2.75) is 0 Å². The number of rotatable bonds is 0. The summed E-state index contributed by atoms with van der Waals surface area (Å²) < 4.78 is 10.8. The molecule has 5 heavy (non-hydrogen) atoms. The van der Waals surface area contributed by atoms with Crippen LogP contribution in [0.25, 0.3) is 0 Å². The molecule has 0 aromatic carbocycles. The summed E-state index contributed by atoms with van der Waals surface area (Å²) >= 11 is 0. The Morgan fingerprint density at radius 1 is 1.60 bits per heavy atom. The molecule has 0 fully saturated rings. The molecule has 4 heteroatoms.